The summed E-state index contributed by atoms with van der Waals surface area (Å²) in [6, 6.07) is 6.52. The Balaban J connectivity index is 1.63. The zero-order valence-corrected chi connectivity index (χ0v) is 14.4. The van der Waals surface area contributed by atoms with Gasteiger partial charge in [-0.3, -0.25) is 4.79 Å². The van der Waals surface area contributed by atoms with Gasteiger partial charge in [-0.25, -0.2) is 0 Å². The van der Waals surface area contributed by atoms with Gasteiger partial charge in [-0.05, 0) is 18.6 Å². The van der Waals surface area contributed by atoms with Crippen LogP contribution < -0.4 is 10.6 Å². The van der Waals surface area contributed by atoms with Crippen LogP contribution in [0.1, 0.15) is 24.8 Å². The molecular weight excluding hydrogens is 350 g/mol. The Labute approximate surface area is 143 Å². The summed E-state index contributed by atoms with van der Waals surface area (Å²) in [6.07, 6.45) is 1.02. The fourth-order valence-electron chi connectivity index (χ4n) is 2.14. The molecule has 0 fully saturated rings. The van der Waals surface area contributed by atoms with E-state index >= 15 is 0 Å². The molecule has 126 valence electrons. The van der Waals surface area contributed by atoms with Crippen molar-refractivity contribution in [3.63, 3.8) is 0 Å². The van der Waals surface area contributed by atoms with E-state index < -0.39 is 10.0 Å². The molecule has 0 atom stereocenters. The van der Waals surface area contributed by atoms with E-state index in [1.807, 2.05) is 6.92 Å². The first kappa shape index (κ1) is 16.5. The number of nitrogens with zero attached hydrogens (tertiary/aromatic N) is 3. The standard InChI is InChI=1S/C14H15N5O3S2/c1-2-13-17-18-14(23-13)16-12(20)8-7-11-15-9-5-3-4-6-10(9)24(21,22)19-11/h3-6H,2,7-8H2,1H3,(H,15,19)(H,16,18,20). The highest BCUT2D eigenvalue weighted by molar-refractivity contribution is 7.90. The smallest absolute Gasteiger partial charge is 0.286 e. The second kappa shape index (κ2) is 6.65. The molecule has 0 spiro atoms. The van der Waals surface area contributed by atoms with Crippen LogP contribution in [0.2, 0.25) is 0 Å². The molecule has 1 aromatic heterocycles. The molecule has 0 saturated carbocycles. The predicted molar refractivity (Wildman–Crippen MR) is 91.8 cm³/mol. The van der Waals surface area contributed by atoms with Gasteiger partial charge in [-0.2, -0.15) is 8.42 Å². The number of carbonyl (C=O) groups excluding carboxylic acids is 1. The minimum Gasteiger partial charge on any atom is -0.342 e. The molecule has 1 aliphatic rings. The Hall–Kier alpha value is -2.33. The Bertz CT molecular complexity index is 905. The van der Waals surface area contributed by atoms with Gasteiger partial charge >= 0.3 is 0 Å². The molecule has 0 unspecified atom stereocenters. The van der Waals surface area contributed by atoms with Gasteiger partial charge in [0.2, 0.25) is 11.0 Å². The van der Waals surface area contributed by atoms with Crippen LogP contribution >= 0.6 is 11.3 Å². The van der Waals surface area contributed by atoms with Crippen LogP contribution in [0.15, 0.2) is 33.6 Å². The van der Waals surface area contributed by atoms with Crippen LogP contribution in [-0.4, -0.2) is 30.4 Å². The van der Waals surface area contributed by atoms with Gasteiger partial charge < -0.3 is 10.6 Å². The van der Waals surface area contributed by atoms with E-state index in [-0.39, 0.29) is 29.5 Å². The molecule has 2 N–H and O–H groups in total. The zero-order valence-electron chi connectivity index (χ0n) is 12.8. The third-order valence-electron chi connectivity index (χ3n) is 3.28. The van der Waals surface area contributed by atoms with Crippen LogP contribution in [0, 0.1) is 0 Å². The Morgan fingerprint density at radius 3 is 2.83 bits per heavy atom. The molecule has 1 aliphatic heterocycles. The largest absolute Gasteiger partial charge is 0.342 e. The number of amidine groups is 1. The maximum Gasteiger partial charge on any atom is 0.286 e. The number of hydrogen-bond acceptors (Lipinski definition) is 7. The lowest BCUT2D eigenvalue weighted by Gasteiger charge is -2.17. The van der Waals surface area contributed by atoms with E-state index in [0.29, 0.717) is 10.8 Å². The molecule has 24 heavy (non-hydrogen) atoms. The molecule has 0 saturated heterocycles. The normalized spacial score (nSPS) is 15.1. The van der Waals surface area contributed by atoms with E-state index in [0.717, 1.165) is 11.4 Å². The number of hydrogen-bond donors (Lipinski definition) is 2. The van der Waals surface area contributed by atoms with Crippen molar-refractivity contribution in [1.29, 1.82) is 0 Å². The van der Waals surface area contributed by atoms with Crippen LogP contribution in [0.4, 0.5) is 10.8 Å². The molecule has 2 aromatic rings. The van der Waals surface area contributed by atoms with Crippen LogP contribution in [0.25, 0.3) is 0 Å². The summed E-state index contributed by atoms with van der Waals surface area (Å²) < 4.78 is 27.9. The fraction of sp³-hybridized carbons (Fsp3) is 0.286. The number of para-hydroxylation sites is 1. The predicted octanol–water partition coefficient (Wildman–Crippen LogP) is 2.03. The molecule has 2 heterocycles. The number of aryl methyl sites for hydroxylation is 1. The van der Waals surface area contributed by atoms with Crippen molar-refractivity contribution in [2.24, 2.45) is 4.40 Å². The zero-order chi connectivity index (χ0) is 17.2. The lowest BCUT2D eigenvalue weighted by Crippen LogP contribution is -2.23. The second-order valence-corrected chi connectivity index (χ2v) is 7.67. The van der Waals surface area contributed by atoms with Gasteiger partial charge in [0.15, 0.2) is 0 Å². The number of nitrogens with one attached hydrogen (secondary N) is 2. The highest BCUT2D eigenvalue weighted by atomic mass is 32.2. The highest BCUT2D eigenvalue weighted by Crippen LogP contribution is 2.27. The van der Waals surface area contributed by atoms with Crippen molar-refractivity contribution in [2.75, 3.05) is 10.6 Å². The number of sulfonamides is 1. The lowest BCUT2D eigenvalue weighted by atomic mass is 10.2. The minimum absolute atomic E-state index is 0.0879. The first-order valence-corrected chi connectivity index (χ1v) is 9.55. The highest BCUT2D eigenvalue weighted by Gasteiger charge is 2.24. The number of rotatable bonds is 5. The SMILES string of the molecule is CCc1nnc(NC(=O)CCC2=NS(=O)(=O)c3ccccc3N2)s1. The summed E-state index contributed by atoms with van der Waals surface area (Å²) in [5.74, 6) is -0.0232. The summed E-state index contributed by atoms with van der Waals surface area (Å²) in [5.41, 5.74) is 0.472. The van der Waals surface area contributed by atoms with Crippen molar-refractivity contribution in [3.05, 3.63) is 29.3 Å². The Kier molecular flexibility index (Phi) is 4.58. The minimum atomic E-state index is -3.72. The summed E-state index contributed by atoms with van der Waals surface area (Å²) in [4.78, 5) is 12.1. The molecule has 0 aliphatic carbocycles. The maximum atomic E-state index is 12.1. The molecule has 1 amide bonds. The number of amides is 1. The van der Waals surface area contributed by atoms with Crippen molar-refractivity contribution in [3.8, 4) is 0 Å². The van der Waals surface area contributed by atoms with E-state index in [1.165, 1.54) is 17.4 Å². The lowest BCUT2D eigenvalue weighted by molar-refractivity contribution is -0.116. The molecule has 1 aromatic carbocycles. The van der Waals surface area contributed by atoms with E-state index in [2.05, 4.69) is 25.2 Å². The van der Waals surface area contributed by atoms with Gasteiger partial charge in [0.1, 0.15) is 15.7 Å². The number of carbonyl (C=O) groups is 1. The van der Waals surface area contributed by atoms with E-state index in [9.17, 15) is 13.2 Å². The van der Waals surface area contributed by atoms with Gasteiger partial charge in [0, 0.05) is 12.8 Å². The van der Waals surface area contributed by atoms with Crippen LogP contribution in [-0.2, 0) is 21.2 Å². The van der Waals surface area contributed by atoms with Gasteiger partial charge in [-0.15, -0.1) is 14.6 Å². The quantitative estimate of drug-likeness (QED) is 0.838. The van der Waals surface area contributed by atoms with E-state index in [1.54, 1.807) is 18.2 Å². The van der Waals surface area contributed by atoms with Crippen LogP contribution in [0.3, 0.4) is 0 Å². The number of anilines is 2. The summed E-state index contributed by atoms with van der Waals surface area (Å²) >= 11 is 1.32. The molecule has 10 heteroatoms. The third kappa shape index (κ3) is 3.60. The molecule has 8 nitrogen and oxygen atoms in total. The topological polar surface area (TPSA) is 113 Å². The van der Waals surface area contributed by atoms with Gasteiger partial charge in [-0.1, -0.05) is 30.4 Å². The molecular formula is C14H15N5O3S2. The summed E-state index contributed by atoms with van der Waals surface area (Å²) in [7, 11) is -3.72. The number of aromatic nitrogens is 2. The molecule has 3 rings (SSSR count). The fourth-order valence-corrected chi connectivity index (χ4v) is 4.00. The summed E-state index contributed by atoms with van der Waals surface area (Å²) in [6.45, 7) is 1.96. The van der Waals surface area contributed by atoms with Gasteiger partial charge in [0.25, 0.3) is 10.0 Å². The Morgan fingerprint density at radius 1 is 1.29 bits per heavy atom. The first-order valence-electron chi connectivity index (χ1n) is 7.30. The number of fused-ring (bicyclic) bond motifs is 1. The number of benzene rings is 1. The monoisotopic (exact) mass is 365 g/mol. The van der Waals surface area contributed by atoms with Crippen LogP contribution in [0.5, 0.6) is 0 Å². The molecule has 0 radical (unpaired) electrons. The first-order chi connectivity index (χ1) is 11.5. The van der Waals surface area contributed by atoms with Crippen molar-refractivity contribution in [1.82, 2.24) is 10.2 Å². The average molecular weight is 365 g/mol. The van der Waals surface area contributed by atoms with Crippen molar-refractivity contribution < 1.29 is 13.2 Å². The maximum absolute atomic E-state index is 12.1. The Morgan fingerprint density at radius 2 is 2.08 bits per heavy atom. The molecule has 0 bridgehead atoms. The van der Waals surface area contributed by atoms with Crippen molar-refractivity contribution >= 4 is 43.9 Å². The summed E-state index contributed by atoms with van der Waals surface area (Å²) in [5, 5.41) is 14.7. The van der Waals surface area contributed by atoms with Crippen molar-refractivity contribution in [2.45, 2.75) is 31.1 Å². The average Bonchev–Trinajstić information content (AvgIpc) is 3.00. The van der Waals surface area contributed by atoms with E-state index in [4.69, 9.17) is 0 Å². The third-order valence-corrected chi connectivity index (χ3v) is 5.63. The van der Waals surface area contributed by atoms with Gasteiger partial charge in [0.05, 0.1) is 5.69 Å². The second-order valence-electron chi connectivity index (χ2n) is 5.04.